The minimum absolute atomic E-state index is 0.194. The van der Waals surface area contributed by atoms with E-state index in [4.69, 9.17) is 10.2 Å². The molecule has 0 spiro atoms. The Kier molecular flexibility index (Phi) is 8.55. The first-order valence-electron chi connectivity index (χ1n) is 7.05. The van der Waals surface area contributed by atoms with Gasteiger partial charge in [0.05, 0.1) is 0 Å². The van der Waals surface area contributed by atoms with Gasteiger partial charge in [-0.05, 0) is 24.1 Å². The number of urea groups is 1. The van der Waals surface area contributed by atoms with Gasteiger partial charge in [-0.3, -0.25) is 4.79 Å². The third-order valence-corrected chi connectivity index (χ3v) is 3.87. The van der Waals surface area contributed by atoms with Crippen molar-refractivity contribution in [1.82, 2.24) is 15.6 Å². The molecule has 1 rings (SSSR count). The number of aliphatic carboxylic acids is 2. The number of halogens is 1. The highest BCUT2D eigenvalue weighted by molar-refractivity contribution is 7.98. The van der Waals surface area contributed by atoms with E-state index >= 15 is 0 Å². The molecule has 0 aliphatic heterocycles. The quantitative estimate of drug-likeness (QED) is 0.364. The van der Waals surface area contributed by atoms with E-state index < -0.39 is 30.0 Å². The van der Waals surface area contributed by atoms with Crippen LogP contribution in [0.2, 0.25) is 0 Å². The molecule has 0 saturated heterocycles. The number of pyridine rings is 1. The second kappa shape index (κ2) is 10.4. The Morgan fingerprint density at radius 2 is 2.08 bits per heavy atom. The van der Waals surface area contributed by atoms with E-state index in [0.717, 1.165) is 5.56 Å². The smallest absolute Gasteiger partial charge is 0.326 e. The first kappa shape index (κ1) is 19.7. The number of hydrogen-bond acceptors (Lipinski definition) is 5. The number of carboxylic acids is 2. The Morgan fingerprint density at radius 1 is 1.33 bits per heavy atom. The third kappa shape index (κ3) is 8.32. The fraction of sp³-hybridized carbons (Fsp3) is 0.429. The SMILES string of the molecule is O=C(O)CCC(NC(=O)NCCSCc1ccnc([18F])c1)C(=O)O. The fourth-order valence-electron chi connectivity index (χ4n) is 1.69. The predicted octanol–water partition coefficient (Wildman–Crippen LogP) is 1.07. The van der Waals surface area contributed by atoms with Gasteiger partial charge in [-0.1, -0.05) is 0 Å². The molecule has 8 nitrogen and oxygen atoms in total. The largest absolute Gasteiger partial charge is 0.481 e. The van der Waals surface area contributed by atoms with Crippen LogP contribution in [0.25, 0.3) is 0 Å². The van der Waals surface area contributed by atoms with E-state index in [0.29, 0.717) is 11.5 Å². The summed E-state index contributed by atoms with van der Waals surface area (Å²) in [5.41, 5.74) is 0.775. The Hall–Kier alpha value is -2.36. The van der Waals surface area contributed by atoms with E-state index in [1.54, 1.807) is 6.07 Å². The number of nitrogens with zero attached hydrogens (tertiary/aromatic N) is 1. The van der Waals surface area contributed by atoms with Crippen molar-refractivity contribution in [2.45, 2.75) is 24.6 Å². The van der Waals surface area contributed by atoms with Gasteiger partial charge in [0.15, 0.2) is 0 Å². The molecule has 4 N–H and O–H groups in total. The molecule has 1 aromatic heterocycles. The summed E-state index contributed by atoms with van der Waals surface area (Å²) in [6.07, 6.45) is 0.829. The van der Waals surface area contributed by atoms with Crippen LogP contribution in [-0.4, -0.2) is 51.5 Å². The molecule has 1 aromatic rings. The zero-order valence-electron chi connectivity index (χ0n) is 12.7. The standard InChI is InChI=1S/C14H18FN3O5S/c15-11-7-9(3-4-16-11)8-24-6-5-17-14(23)18-10(13(21)22)1-2-12(19)20/h3-4,7,10H,1-2,5-6,8H2,(H,19,20)(H,21,22)(H2,17,18,23)/i15-1. The zero-order valence-corrected chi connectivity index (χ0v) is 13.5. The van der Waals surface area contributed by atoms with Crippen molar-refractivity contribution in [2.75, 3.05) is 12.3 Å². The molecular formula is C14H18FN3O5S. The lowest BCUT2D eigenvalue weighted by Gasteiger charge is -2.14. The molecule has 1 unspecified atom stereocenters. The maximum Gasteiger partial charge on any atom is 0.326 e. The lowest BCUT2D eigenvalue weighted by atomic mass is 10.1. The molecule has 24 heavy (non-hydrogen) atoms. The Labute approximate surface area is 141 Å². The van der Waals surface area contributed by atoms with Gasteiger partial charge in [0, 0.05) is 30.7 Å². The van der Waals surface area contributed by atoms with Gasteiger partial charge in [0.2, 0.25) is 5.95 Å². The Bertz CT molecular complexity index is 587. The number of aromatic nitrogens is 1. The van der Waals surface area contributed by atoms with E-state index in [2.05, 4.69) is 15.6 Å². The molecule has 0 aromatic carbocycles. The summed E-state index contributed by atoms with van der Waals surface area (Å²) in [6, 6.07) is 1.08. The highest BCUT2D eigenvalue weighted by Crippen LogP contribution is 2.11. The average molecular weight is 358 g/mol. The fourth-order valence-corrected chi connectivity index (χ4v) is 2.50. The molecule has 2 amide bonds. The monoisotopic (exact) mass is 358 g/mol. The zero-order chi connectivity index (χ0) is 17.9. The van der Waals surface area contributed by atoms with E-state index in [1.807, 2.05) is 0 Å². The van der Waals surface area contributed by atoms with Crippen LogP contribution in [0.15, 0.2) is 18.3 Å². The maximum absolute atomic E-state index is 12.9. The van der Waals surface area contributed by atoms with Crippen LogP contribution in [0.5, 0.6) is 0 Å². The summed E-state index contributed by atoms with van der Waals surface area (Å²) in [5.74, 6) is -1.87. The van der Waals surface area contributed by atoms with E-state index in [-0.39, 0.29) is 19.4 Å². The first-order valence-corrected chi connectivity index (χ1v) is 8.21. The minimum atomic E-state index is -1.29. The molecule has 0 fully saturated rings. The average Bonchev–Trinajstić information content (AvgIpc) is 2.50. The summed E-state index contributed by atoms with van der Waals surface area (Å²) >= 11 is 1.47. The van der Waals surface area contributed by atoms with Crippen molar-refractivity contribution in [2.24, 2.45) is 0 Å². The summed E-state index contributed by atoms with van der Waals surface area (Å²) in [4.78, 5) is 36.4. The van der Waals surface area contributed by atoms with Crippen LogP contribution in [0.4, 0.5) is 9.18 Å². The topological polar surface area (TPSA) is 129 Å². The molecule has 0 aliphatic carbocycles. The van der Waals surface area contributed by atoms with Gasteiger partial charge >= 0.3 is 18.0 Å². The molecule has 132 valence electrons. The van der Waals surface area contributed by atoms with Crippen molar-refractivity contribution >= 4 is 29.7 Å². The molecule has 0 saturated carbocycles. The molecule has 1 atom stereocenters. The van der Waals surface area contributed by atoms with Crippen molar-refractivity contribution in [3.05, 3.63) is 29.8 Å². The summed E-state index contributed by atoms with van der Waals surface area (Å²) < 4.78 is 12.9. The van der Waals surface area contributed by atoms with Gasteiger partial charge in [-0.2, -0.15) is 16.2 Å². The van der Waals surface area contributed by atoms with Crippen LogP contribution in [0.1, 0.15) is 18.4 Å². The first-order chi connectivity index (χ1) is 11.4. The lowest BCUT2D eigenvalue weighted by Crippen LogP contribution is -2.46. The van der Waals surface area contributed by atoms with Gasteiger partial charge in [0.25, 0.3) is 0 Å². The minimum Gasteiger partial charge on any atom is -0.481 e. The molecule has 0 radical (unpaired) electrons. The second-order valence-electron chi connectivity index (χ2n) is 4.76. The maximum atomic E-state index is 12.9. The third-order valence-electron chi connectivity index (χ3n) is 2.84. The Morgan fingerprint density at radius 3 is 2.71 bits per heavy atom. The van der Waals surface area contributed by atoms with Crippen LogP contribution in [0.3, 0.4) is 0 Å². The predicted molar refractivity (Wildman–Crippen MR) is 85.2 cm³/mol. The number of carboxylic acid groups (broad SMARTS) is 2. The number of carbonyl (C=O) groups is 3. The van der Waals surface area contributed by atoms with Crippen molar-refractivity contribution in [1.29, 1.82) is 0 Å². The number of nitrogens with one attached hydrogen (secondary N) is 2. The highest BCUT2D eigenvalue weighted by atomic mass is 32.2. The lowest BCUT2D eigenvalue weighted by molar-refractivity contribution is -0.140. The number of hydrogen-bond donors (Lipinski definition) is 4. The van der Waals surface area contributed by atoms with Crippen molar-refractivity contribution in [3.63, 3.8) is 0 Å². The van der Waals surface area contributed by atoms with Gasteiger partial charge in [-0.25, -0.2) is 14.6 Å². The second-order valence-corrected chi connectivity index (χ2v) is 5.87. The van der Waals surface area contributed by atoms with Crippen LogP contribution >= 0.6 is 11.8 Å². The number of rotatable bonds is 10. The van der Waals surface area contributed by atoms with E-state index in [1.165, 1.54) is 24.0 Å². The van der Waals surface area contributed by atoms with Crippen molar-refractivity contribution in [3.8, 4) is 0 Å². The number of amides is 2. The Balaban J connectivity index is 2.22. The van der Waals surface area contributed by atoms with E-state index in [9.17, 15) is 18.8 Å². The van der Waals surface area contributed by atoms with Crippen LogP contribution in [-0.2, 0) is 15.3 Å². The molecule has 10 heteroatoms. The summed E-state index contributed by atoms with van der Waals surface area (Å²) in [6.45, 7) is 0.287. The number of carbonyl (C=O) groups excluding carboxylic acids is 1. The van der Waals surface area contributed by atoms with Crippen LogP contribution in [0, 0.1) is 5.95 Å². The normalized spacial score (nSPS) is 11.5. The van der Waals surface area contributed by atoms with Gasteiger partial charge in [-0.15, -0.1) is 0 Å². The van der Waals surface area contributed by atoms with Crippen molar-refractivity contribution < 1.29 is 29.0 Å². The molecule has 0 aliphatic rings. The highest BCUT2D eigenvalue weighted by Gasteiger charge is 2.20. The molecule has 1 heterocycles. The summed E-state index contributed by atoms with van der Waals surface area (Å²) in [5, 5.41) is 22.1. The molecular weight excluding hydrogens is 340 g/mol. The van der Waals surface area contributed by atoms with Gasteiger partial charge in [0.1, 0.15) is 6.04 Å². The summed E-state index contributed by atoms with van der Waals surface area (Å²) in [7, 11) is 0. The van der Waals surface area contributed by atoms with Gasteiger partial charge < -0.3 is 20.8 Å². The molecule has 0 bridgehead atoms. The van der Waals surface area contributed by atoms with Crippen LogP contribution < -0.4 is 10.6 Å². The number of thioether (sulfide) groups is 1.